The smallest absolute Gasteiger partial charge is 0.262 e. The van der Waals surface area contributed by atoms with Gasteiger partial charge in [-0.3, -0.25) is 9.59 Å². The molecule has 7 nitrogen and oxygen atoms in total. The van der Waals surface area contributed by atoms with E-state index < -0.39 is 0 Å². The number of aromatic nitrogens is 2. The quantitative estimate of drug-likeness (QED) is 0.410. The SMILES string of the molecule is N#CC(=Cc1ccc(OCC(=O)Nc2cccc(Cl)c2)cc1)c1nc2ccccc2c(=O)[nH]1. The van der Waals surface area contributed by atoms with E-state index in [1.165, 1.54) is 0 Å². The summed E-state index contributed by atoms with van der Waals surface area (Å²) in [5, 5.41) is 13.3. The van der Waals surface area contributed by atoms with E-state index in [-0.39, 0.29) is 29.5 Å². The molecular weight excluding hydrogens is 440 g/mol. The van der Waals surface area contributed by atoms with Crippen LogP contribution in [-0.4, -0.2) is 22.5 Å². The second-order valence-corrected chi connectivity index (χ2v) is 7.45. The third-order valence-corrected chi connectivity index (χ3v) is 4.89. The zero-order chi connectivity index (χ0) is 23.2. The van der Waals surface area contributed by atoms with Gasteiger partial charge in [-0.15, -0.1) is 0 Å². The summed E-state index contributed by atoms with van der Waals surface area (Å²) >= 11 is 5.91. The predicted molar refractivity (Wildman–Crippen MR) is 128 cm³/mol. The molecule has 3 aromatic carbocycles. The van der Waals surface area contributed by atoms with Crippen LogP contribution in [0.15, 0.2) is 77.6 Å². The van der Waals surface area contributed by atoms with Crippen LogP contribution in [0.4, 0.5) is 5.69 Å². The monoisotopic (exact) mass is 456 g/mol. The highest BCUT2D eigenvalue weighted by molar-refractivity contribution is 6.30. The van der Waals surface area contributed by atoms with Gasteiger partial charge in [0.25, 0.3) is 11.5 Å². The Morgan fingerprint density at radius 2 is 1.91 bits per heavy atom. The van der Waals surface area contributed by atoms with Crippen molar-refractivity contribution < 1.29 is 9.53 Å². The minimum atomic E-state index is -0.320. The molecule has 0 radical (unpaired) electrons. The molecule has 0 saturated carbocycles. The molecule has 0 aliphatic carbocycles. The van der Waals surface area contributed by atoms with Gasteiger partial charge in [-0.1, -0.05) is 41.9 Å². The van der Waals surface area contributed by atoms with Crippen molar-refractivity contribution in [3.63, 3.8) is 0 Å². The molecular formula is C25H17ClN4O3. The Morgan fingerprint density at radius 1 is 1.12 bits per heavy atom. The van der Waals surface area contributed by atoms with Gasteiger partial charge in [0.05, 0.1) is 16.5 Å². The molecule has 2 N–H and O–H groups in total. The number of para-hydroxylation sites is 1. The molecule has 4 aromatic rings. The zero-order valence-electron chi connectivity index (χ0n) is 17.2. The number of halogens is 1. The first kappa shape index (κ1) is 21.8. The number of amides is 1. The third kappa shape index (κ3) is 5.45. The lowest BCUT2D eigenvalue weighted by molar-refractivity contribution is -0.118. The molecule has 1 aromatic heterocycles. The first-order chi connectivity index (χ1) is 16.0. The van der Waals surface area contributed by atoms with Crippen LogP contribution in [0, 0.1) is 11.3 Å². The van der Waals surface area contributed by atoms with E-state index in [0.717, 1.165) is 0 Å². The van der Waals surface area contributed by atoms with E-state index in [4.69, 9.17) is 16.3 Å². The molecule has 0 atom stereocenters. The number of nitrogens with zero attached hydrogens (tertiary/aromatic N) is 2. The summed E-state index contributed by atoms with van der Waals surface area (Å²) in [6.07, 6.45) is 1.61. The van der Waals surface area contributed by atoms with Gasteiger partial charge in [-0.2, -0.15) is 5.26 Å². The van der Waals surface area contributed by atoms with E-state index in [0.29, 0.717) is 32.9 Å². The third-order valence-electron chi connectivity index (χ3n) is 4.66. The van der Waals surface area contributed by atoms with Gasteiger partial charge in [0.15, 0.2) is 12.4 Å². The average Bonchev–Trinajstić information content (AvgIpc) is 2.82. The Balaban J connectivity index is 1.44. The summed E-state index contributed by atoms with van der Waals surface area (Å²) < 4.78 is 5.51. The number of rotatable bonds is 6. The number of carbonyl (C=O) groups excluding carboxylic acids is 1. The average molecular weight is 457 g/mol. The van der Waals surface area contributed by atoms with Crippen molar-refractivity contribution >= 4 is 45.7 Å². The number of fused-ring (bicyclic) bond motifs is 1. The van der Waals surface area contributed by atoms with Crippen molar-refractivity contribution in [2.24, 2.45) is 0 Å². The van der Waals surface area contributed by atoms with E-state index in [1.807, 2.05) is 0 Å². The molecule has 4 rings (SSSR count). The first-order valence-electron chi connectivity index (χ1n) is 9.91. The van der Waals surface area contributed by atoms with Crippen molar-refractivity contribution in [1.29, 1.82) is 5.26 Å². The van der Waals surface area contributed by atoms with E-state index >= 15 is 0 Å². The number of nitriles is 1. The Kier molecular flexibility index (Phi) is 6.48. The van der Waals surface area contributed by atoms with Crippen molar-refractivity contribution in [3.05, 3.63) is 99.6 Å². The lowest BCUT2D eigenvalue weighted by atomic mass is 10.1. The van der Waals surface area contributed by atoms with Gasteiger partial charge in [0.1, 0.15) is 11.8 Å². The van der Waals surface area contributed by atoms with Gasteiger partial charge in [-0.05, 0) is 54.1 Å². The van der Waals surface area contributed by atoms with Crippen molar-refractivity contribution in [3.8, 4) is 11.8 Å². The van der Waals surface area contributed by atoms with E-state index in [1.54, 1.807) is 78.9 Å². The van der Waals surface area contributed by atoms with Gasteiger partial charge in [0.2, 0.25) is 0 Å². The molecule has 0 unspecified atom stereocenters. The summed E-state index contributed by atoms with van der Waals surface area (Å²) in [7, 11) is 0. The number of hydrogen-bond acceptors (Lipinski definition) is 5. The fourth-order valence-electron chi connectivity index (χ4n) is 3.11. The maximum Gasteiger partial charge on any atom is 0.262 e. The van der Waals surface area contributed by atoms with Gasteiger partial charge >= 0.3 is 0 Å². The number of hydrogen-bond donors (Lipinski definition) is 2. The first-order valence-corrected chi connectivity index (χ1v) is 10.3. The number of carbonyl (C=O) groups is 1. The van der Waals surface area contributed by atoms with Crippen LogP contribution in [0.2, 0.25) is 5.02 Å². The molecule has 0 spiro atoms. The number of H-pyrrole nitrogens is 1. The Morgan fingerprint density at radius 3 is 2.67 bits per heavy atom. The molecule has 0 saturated heterocycles. The normalized spacial score (nSPS) is 11.1. The van der Waals surface area contributed by atoms with E-state index in [9.17, 15) is 14.9 Å². The van der Waals surface area contributed by atoms with Crippen molar-refractivity contribution in [2.45, 2.75) is 0 Å². The molecule has 162 valence electrons. The highest BCUT2D eigenvalue weighted by atomic mass is 35.5. The molecule has 1 amide bonds. The van der Waals surface area contributed by atoms with Crippen LogP contribution in [0.1, 0.15) is 11.4 Å². The largest absolute Gasteiger partial charge is 0.484 e. The van der Waals surface area contributed by atoms with Gasteiger partial charge < -0.3 is 15.0 Å². The van der Waals surface area contributed by atoms with Crippen LogP contribution in [0.25, 0.3) is 22.6 Å². The second kappa shape index (κ2) is 9.81. The number of allylic oxidation sites excluding steroid dienone is 1. The van der Waals surface area contributed by atoms with Crippen molar-refractivity contribution in [1.82, 2.24) is 9.97 Å². The number of benzene rings is 3. The fourth-order valence-corrected chi connectivity index (χ4v) is 3.30. The number of anilines is 1. The summed E-state index contributed by atoms with van der Waals surface area (Å²) in [6, 6.07) is 22.7. The zero-order valence-corrected chi connectivity index (χ0v) is 18.0. The Labute approximate surface area is 193 Å². The fraction of sp³-hybridized carbons (Fsp3) is 0.0400. The predicted octanol–water partition coefficient (Wildman–Crippen LogP) is 4.66. The summed E-state index contributed by atoms with van der Waals surface area (Å²) in [5.74, 6) is 0.364. The Bertz CT molecular complexity index is 1450. The summed E-state index contributed by atoms with van der Waals surface area (Å²) in [6.45, 7) is -0.173. The van der Waals surface area contributed by atoms with Crippen LogP contribution in [0.5, 0.6) is 5.75 Å². The second-order valence-electron chi connectivity index (χ2n) is 7.02. The highest BCUT2D eigenvalue weighted by Gasteiger charge is 2.09. The lowest BCUT2D eigenvalue weighted by Gasteiger charge is -2.08. The standard InChI is InChI=1S/C25H17ClN4O3/c26-18-4-3-5-19(13-18)28-23(31)15-33-20-10-8-16(9-11-20)12-17(14-27)24-29-22-7-2-1-6-21(22)25(32)30-24/h1-13H,15H2,(H,28,31)(H,29,30,32). The minimum Gasteiger partial charge on any atom is -0.484 e. The maximum absolute atomic E-state index is 12.3. The van der Waals surface area contributed by atoms with Crippen LogP contribution in [-0.2, 0) is 4.79 Å². The molecule has 0 bridgehead atoms. The Hall–Kier alpha value is -4.41. The van der Waals surface area contributed by atoms with Crippen LogP contribution in [0.3, 0.4) is 0 Å². The molecule has 8 heteroatoms. The molecule has 1 heterocycles. The molecule has 0 aliphatic rings. The summed E-state index contributed by atoms with van der Waals surface area (Å²) in [5.41, 5.74) is 1.71. The van der Waals surface area contributed by atoms with Gasteiger partial charge in [0, 0.05) is 10.7 Å². The van der Waals surface area contributed by atoms with Gasteiger partial charge in [-0.25, -0.2) is 4.98 Å². The van der Waals surface area contributed by atoms with Crippen molar-refractivity contribution in [2.75, 3.05) is 11.9 Å². The van der Waals surface area contributed by atoms with E-state index in [2.05, 4.69) is 21.4 Å². The summed E-state index contributed by atoms with van der Waals surface area (Å²) in [4.78, 5) is 31.4. The maximum atomic E-state index is 12.3. The minimum absolute atomic E-state index is 0.173. The lowest BCUT2D eigenvalue weighted by Crippen LogP contribution is -2.20. The molecule has 33 heavy (non-hydrogen) atoms. The van der Waals surface area contributed by atoms with Crippen LogP contribution >= 0.6 is 11.6 Å². The molecule has 0 aliphatic heterocycles. The van der Waals surface area contributed by atoms with Crippen LogP contribution < -0.4 is 15.6 Å². The number of aromatic amines is 1. The topological polar surface area (TPSA) is 108 Å². The highest BCUT2D eigenvalue weighted by Crippen LogP contribution is 2.19. The number of ether oxygens (including phenoxy) is 1. The number of nitrogens with one attached hydrogen (secondary N) is 2. The molecule has 0 fully saturated rings.